The van der Waals surface area contributed by atoms with Crippen LogP contribution < -0.4 is 10.5 Å². The fourth-order valence-corrected chi connectivity index (χ4v) is 1.55. The third kappa shape index (κ3) is 1.94. The third-order valence-electron chi connectivity index (χ3n) is 2.27. The van der Waals surface area contributed by atoms with Crippen LogP contribution in [0.3, 0.4) is 0 Å². The Hall–Kier alpha value is -1.55. The van der Waals surface area contributed by atoms with Crippen LogP contribution in [0.2, 0.25) is 0 Å². The van der Waals surface area contributed by atoms with Crippen LogP contribution in [0.15, 0.2) is 24.3 Å². The van der Waals surface area contributed by atoms with Crippen molar-refractivity contribution in [3.8, 4) is 5.88 Å². The Morgan fingerprint density at radius 3 is 3.00 bits per heavy atom. The molecular formula is C11H15N3O. The lowest BCUT2D eigenvalue weighted by molar-refractivity contribution is 0.290. The van der Waals surface area contributed by atoms with Crippen molar-refractivity contribution < 1.29 is 4.74 Å². The molecule has 0 saturated heterocycles. The average Bonchev–Trinajstić information content (AvgIpc) is 2.56. The number of aryl methyl sites for hydroxylation is 1. The number of rotatable bonds is 4. The van der Waals surface area contributed by atoms with Gasteiger partial charge in [0.05, 0.1) is 17.5 Å². The first-order chi connectivity index (χ1) is 7.33. The average molecular weight is 205 g/mol. The van der Waals surface area contributed by atoms with Gasteiger partial charge < -0.3 is 10.5 Å². The molecule has 0 amide bonds. The summed E-state index contributed by atoms with van der Waals surface area (Å²) < 4.78 is 7.42. The van der Waals surface area contributed by atoms with E-state index >= 15 is 0 Å². The van der Waals surface area contributed by atoms with E-state index in [1.807, 2.05) is 31.3 Å². The number of hydrogen-bond acceptors (Lipinski definition) is 3. The highest BCUT2D eigenvalue weighted by Crippen LogP contribution is 2.24. The van der Waals surface area contributed by atoms with Crippen LogP contribution in [-0.2, 0) is 7.05 Å². The molecule has 4 nitrogen and oxygen atoms in total. The summed E-state index contributed by atoms with van der Waals surface area (Å²) in [6.07, 6.45) is 0.861. The summed E-state index contributed by atoms with van der Waals surface area (Å²) in [4.78, 5) is 0. The number of nitrogens with zero attached hydrogens (tertiary/aromatic N) is 2. The van der Waals surface area contributed by atoms with Crippen LogP contribution >= 0.6 is 0 Å². The van der Waals surface area contributed by atoms with Gasteiger partial charge in [0.15, 0.2) is 0 Å². The molecule has 0 saturated carbocycles. The molecule has 0 bridgehead atoms. The van der Waals surface area contributed by atoms with Crippen molar-refractivity contribution in [1.82, 2.24) is 9.78 Å². The van der Waals surface area contributed by atoms with Crippen molar-refractivity contribution >= 4 is 10.9 Å². The van der Waals surface area contributed by atoms with Gasteiger partial charge in [-0.1, -0.05) is 12.1 Å². The zero-order valence-corrected chi connectivity index (χ0v) is 8.81. The molecule has 1 aromatic heterocycles. The quantitative estimate of drug-likeness (QED) is 0.765. The molecule has 0 aliphatic heterocycles. The van der Waals surface area contributed by atoms with Gasteiger partial charge in [-0.3, -0.25) is 0 Å². The van der Waals surface area contributed by atoms with Crippen LogP contribution in [0.1, 0.15) is 6.42 Å². The lowest BCUT2D eigenvalue weighted by Gasteiger charge is -2.05. The summed E-state index contributed by atoms with van der Waals surface area (Å²) in [6.45, 7) is 1.29. The van der Waals surface area contributed by atoms with Crippen LogP contribution in [-0.4, -0.2) is 22.9 Å². The highest BCUT2D eigenvalue weighted by Gasteiger charge is 2.08. The molecule has 2 N–H and O–H groups in total. The molecule has 80 valence electrons. The maximum atomic E-state index is 5.65. The van der Waals surface area contributed by atoms with Crippen LogP contribution in [0, 0.1) is 0 Å². The summed E-state index contributed by atoms with van der Waals surface area (Å²) in [5.41, 5.74) is 6.38. The smallest absolute Gasteiger partial charge is 0.219 e. The van der Waals surface area contributed by atoms with E-state index in [9.17, 15) is 0 Å². The predicted molar refractivity (Wildman–Crippen MR) is 59.9 cm³/mol. The van der Waals surface area contributed by atoms with Crippen LogP contribution in [0.5, 0.6) is 5.88 Å². The SMILES string of the molecule is Cn1nc2ccccc2c1OCCCN. The second-order valence-corrected chi connectivity index (χ2v) is 3.44. The Balaban J connectivity index is 2.28. The molecule has 0 spiro atoms. The zero-order valence-electron chi connectivity index (χ0n) is 8.81. The topological polar surface area (TPSA) is 53.1 Å². The van der Waals surface area contributed by atoms with Gasteiger partial charge in [0.1, 0.15) is 0 Å². The largest absolute Gasteiger partial charge is 0.477 e. The number of ether oxygens (including phenoxy) is 1. The first-order valence-corrected chi connectivity index (χ1v) is 5.07. The van der Waals surface area contributed by atoms with Gasteiger partial charge in [0, 0.05) is 7.05 Å². The summed E-state index contributed by atoms with van der Waals surface area (Å²) in [5.74, 6) is 0.819. The summed E-state index contributed by atoms with van der Waals surface area (Å²) in [7, 11) is 1.89. The lowest BCUT2D eigenvalue weighted by Crippen LogP contribution is -2.08. The monoisotopic (exact) mass is 205 g/mol. The minimum atomic E-state index is 0.639. The van der Waals surface area contributed by atoms with Crippen LogP contribution in [0.4, 0.5) is 0 Å². The highest BCUT2D eigenvalue weighted by atomic mass is 16.5. The summed E-state index contributed by atoms with van der Waals surface area (Å²) in [6, 6.07) is 7.95. The fraction of sp³-hybridized carbons (Fsp3) is 0.364. The second-order valence-electron chi connectivity index (χ2n) is 3.44. The second kappa shape index (κ2) is 4.31. The number of hydrogen-bond donors (Lipinski definition) is 1. The molecule has 1 aromatic carbocycles. The van der Waals surface area contributed by atoms with Gasteiger partial charge in [-0.2, -0.15) is 5.10 Å². The van der Waals surface area contributed by atoms with E-state index in [0.29, 0.717) is 13.2 Å². The minimum Gasteiger partial charge on any atom is -0.477 e. The van der Waals surface area contributed by atoms with Crippen molar-refractivity contribution in [3.63, 3.8) is 0 Å². The normalized spacial score (nSPS) is 10.8. The Morgan fingerprint density at radius 1 is 1.40 bits per heavy atom. The highest BCUT2D eigenvalue weighted by molar-refractivity contribution is 5.84. The zero-order chi connectivity index (χ0) is 10.7. The van der Waals surface area contributed by atoms with Gasteiger partial charge in [-0.25, -0.2) is 4.68 Å². The first-order valence-electron chi connectivity index (χ1n) is 5.07. The van der Waals surface area contributed by atoms with E-state index in [1.54, 1.807) is 4.68 Å². The molecular weight excluding hydrogens is 190 g/mol. The molecule has 0 atom stereocenters. The minimum absolute atomic E-state index is 0.639. The molecule has 2 aromatic rings. The molecule has 0 radical (unpaired) electrons. The molecule has 4 heteroatoms. The Labute approximate surface area is 88.6 Å². The van der Waals surface area contributed by atoms with E-state index in [1.165, 1.54) is 0 Å². The fourth-order valence-electron chi connectivity index (χ4n) is 1.55. The third-order valence-corrected chi connectivity index (χ3v) is 2.27. The predicted octanol–water partition coefficient (Wildman–Crippen LogP) is 1.30. The van der Waals surface area contributed by atoms with Crippen molar-refractivity contribution in [1.29, 1.82) is 0 Å². The number of benzene rings is 1. The van der Waals surface area contributed by atoms with Gasteiger partial charge in [-0.15, -0.1) is 0 Å². The van der Waals surface area contributed by atoms with Gasteiger partial charge >= 0.3 is 0 Å². The van der Waals surface area contributed by atoms with E-state index in [-0.39, 0.29) is 0 Å². The van der Waals surface area contributed by atoms with E-state index < -0.39 is 0 Å². The molecule has 15 heavy (non-hydrogen) atoms. The standard InChI is InChI=1S/C11H15N3O/c1-14-11(15-8-4-7-12)9-5-2-3-6-10(9)13-14/h2-3,5-6H,4,7-8,12H2,1H3. The van der Waals surface area contributed by atoms with E-state index in [2.05, 4.69) is 5.10 Å². The number of aromatic nitrogens is 2. The summed E-state index contributed by atoms with van der Waals surface area (Å²) >= 11 is 0. The maximum Gasteiger partial charge on any atom is 0.219 e. The van der Waals surface area contributed by atoms with Crippen LogP contribution in [0.25, 0.3) is 10.9 Å². The van der Waals surface area contributed by atoms with Gasteiger partial charge in [0.25, 0.3) is 0 Å². The van der Waals surface area contributed by atoms with Crippen molar-refractivity contribution in [2.45, 2.75) is 6.42 Å². The molecule has 2 rings (SSSR count). The first kappa shape index (κ1) is 9.98. The summed E-state index contributed by atoms with van der Waals surface area (Å²) in [5, 5.41) is 5.41. The molecule has 0 aliphatic rings. The van der Waals surface area contributed by atoms with Crippen molar-refractivity contribution in [2.75, 3.05) is 13.2 Å². The number of nitrogens with two attached hydrogens (primary N) is 1. The van der Waals surface area contributed by atoms with Gasteiger partial charge in [0.2, 0.25) is 5.88 Å². The van der Waals surface area contributed by atoms with Crippen molar-refractivity contribution in [2.24, 2.45) is 12.8 Å². The maximum absolute atomic E-state index is 5.65. The lowest BCUT2D eigenvalue weighted by atomic mass is 10.2. The molecule has 0 unspecified atom stereocenters. The molecule has 1 heterocycles. The Kier molecular flexibility index (Phi) is 2.87. The van der Waals surface area contributed by atoms with Crippen molar-refractivity contribution in [3.05, 3.63) is 24.3 Å². The number of fused-ring (bicyclic) bond motifs is 1. The van der Waals surface area contributed by atoms with E-state index in [4.69, 9.17) is 10.5 Å². The van der Waals surface area contributed by atoms with E-state index in [0.717, 1.165) is 23.2 Å². The molecule has 0 fully saturated rings. The van der Waals surface area contributed by atoms with Gasteiger partial charge in [-0.05, 0) is 25.1 Å². The molecule has 0 aliphatic carbocycles. The Bertz CT molecular complexity index is 450. The Morgan fingerprint density at radius 2 is 2.20 bits per heavy atom.